The topological polar surface area (TPSA) is 84.7 Å². The normalized spacial score (nSPS) is 16.1. The zero-order valence-corrected chi connectivity index (χ0v) is 10.6. The van der Waals surface area contributed by atoms with E-state index in [1.807, 2.05) is 0 Å². The zero-order valence-electron chi connectivity index (χ0n) is 10.6. The molecule has 1 N–H and O–H groups in total. The fourth-order valence-corrected chi connectivity index (χ4v) is 1.87. The molecule has 2 rings (SSSR count). The molecule has 1 saturated heterocycles. The zero-order chi connectivity index (χ0) is 13.8. The van der Waals surface area contributed by atoms with Crippen molar-refractivity contribution in [2.24, 2.45) is 0 Å². The molecule has 0 saturated carbocycles. The SMILES string of the molecule is Cc1ccc([N+](=O)[O-])c(C(=O)NN2CCOCC2)c1. The molecule has 102 valence electrons. The van der Waals surface area contributed by atoms with E-state index in [0.717, 1.165) is 5.56 Å². The van der Waals surface area contributed by atoms with Crippen LogP contribution in [0.1, 0.15) is 15.9 Å². The number of hydrogen-bond acceptors (Lipinski definition) is 5. The lowest BCUT2D eigenvalue weighted by molar-refractivity contribution is -0.385. The highest BCUT2D eigenvalue weighted by molar-refractivity contribution is 5.98. The third-order valence-electron chi connectivity index (χ3n) is 2.86. The Morgan fingerprint density at radius 3 is 2.74 bits per heavy atom. The van der Waals surface area contributed by atoms with Crippen LogP contribution in [0.5, 0.6) is 0 Å². The number of ether oxygens (including phenoxy) is 1. The summed E-state index contributed by atoms with van der Waals surface area (Å²) in [6, 6.07) is 4.49. The lowest BCUT2D eigenvalue weighted by Gasteiger charge is -2.26. The molecule has 1 amide bonds. The van der Waals surface area contributed by atoms with Crippen molar-refractivity contribution in [3.05, 3.63) is 39.4 Å². The van der Waals surface area contributed by atoms with E-state index < -0.39 is 10.8 Å². The molecular formula is C12H15N3O4. The minimum atomic E-state index is -0.548. The summed E-state index contributed by atoms with van der Waals surface area (Å²) in [4.78, 5) is 22.5. The van der Waals surface area contributed by atoms with Crippen molar-refractivity contribution in [3.8, 4) is 0 Å². The first-order chi connectivity index (χ1) is 9.08. The number of carbonyl (C=O) groups excluding carboxylic acids is 1. The molecule has 0 radical (unpaired) electrons. The number of nitrogens with zero attached hydrogens (tertiary/aromatic N) is 2. The number of amides is 1. The first-order valence-corrected chi connectivity index (χ1v) is 5.96. The van der Waals surface area contributed by atoms with Gasteiger partial charge < -0.3 is 4.74 Å². The number of aryl methyl sites for hydroxylation is 1. The second-order valence-corrected chi connectivity index (χ2v) is 4.32. The van der Waals surface area contributed by atoms with Crippen LogP contribution in [0.3, 0.4) is 0 Å². The lowest BCUT2D eigenvalue weighted by atomic mass is 10.1. The Labute approximate surface area is 110 Å². The Morgan fingerprint density at radius 2 is 2.11 bits per heavy atom. The number of nitrogens with one attached hydrogen (secondary N) is 1. The summed E-state index contributed by atoms with van der Waals surface area (Å²) in [5.41, 5.74) is 3.37. The first kappa shape index (κ1) is 13.4. The van der Waals surface area contributed by atoms with Crippen LogP contribution in [0.4, 0.5) is 5.69 Å². The third kappa shape index (κ3) is 3.27. The third-order valence-corrected chi connectivity index (χ3v) is 2.86. The molecule has 0 atom stereocenters. The van der Waals surface area contributed by atoms with E-state index >= 15 is 0 Å². The van der Waals surface area contributed by atoms with Gasteiger partial charge in [-0.05, 0) is 18.6 Å². The Balaban J connectivity index is 2.17. The Kier molecular flexibility index (Phi) is 4.08. The Morgan fingerprint density at radius 1 is 1.42 bits per heavy atom. The molecule has 0 spiro atoms. The summed E-state index contributed by atoms with van der Waals surface area (Å²) in [5.74, 6) is -0.461. The fraction of sp³-hybridized carbons (Fsp3) is 0.417. The molecule has 7 heteroatoms. The molecule has 1 aliphatic heterocycles. The van der Waals surface area contributed by atoms with Crippen LogP contribution in [0.2, 0.25) is 0 Å². The van der Waals surface area contributed by atoms with Gasteiger partial charge in [-0.2, -0.15) is 0 Å². The second kappa shape index (κ2) is 5.77. The van der Waals surface area contributed by atoms with Crippen molar-refractivity contribution >= 4 is 11.6 Å². The van der Waals surface area contributed by atoms with Crippen LogP contribution in [0, 0.1) is 17.0 Å². The number of nitro benzene ring substituents is 1. The molecule has 1 aliphatic rings. The summed E-state index contributed by atoms with van der Waals surface area (Å²) < 4.78 is 5.17. The number of morpholine rings is 1. The summed E-state index contributed by atoms with van der Waals surface area (Å²) in [6.07, 6.45) is 0. The smallest absolute Gasteiger partial charge is 0.282 e. The van der Waals surface area contributed by atoms with Crippen LogP contribution in [0.25, 0.3) is 0 Å². The highest BCUT2D eigenvalue weighted by Gasteiger charge is 2.22. The van der Waals surface area contributed by atoms with Crippen LogP contribution >= 0.6 is 0 Å². The van der Waals surface area contributed by atoms with Gasteiger partial charge in [0.15, 0.2) is 0 Å². The van der Waals surface area contributed by atoms with Crippen molar-refractivity contribution < 1.29 is 14.5 Å². The van der Waals surface area contributed by atoms with Gasteiger partial charge in [-0.15, -0.1) is 0 Å². The van der Waals surface area contributed by atoms with Crippen molar-refractivity contribution in [1.29, 1.82) is 0 Å². The standard InChI is InChI=1S/C12H15N3O4/c1-9-2-3-11(15(17)18)10(8-9)12(16)13-14-4-6-19-7-5-14/h2-3,8H,4-7H2,1H3,(H,13,16). The summed E-state index contributed by atoms with van der Waals surface area (Å²) >= 11 is 0. The predicted octanol–water partition coefficient (Wildman–Crippen LogP) is 0.880. The van der Waals surface area contributed by atoms with Gasteiger partial charge in [0, 0.05) is 19.2 Å². The quantitative estimate of drug-likeness (QED) is 0.647. The average molecular weight is 265 g/mol. The van der Waals surface area contributed by atoms with E-state index in [2.05, 4.69) is 5.43 Å². The van der Waals surface area contributed by atoms with Crippen LogP contribution < -0.4 is 5.43 Å². The number of rotatable bonds is 3. The lowest BCUT2D eigenvalue weighted by Crippen LogP contribution is -2.48. The molecule has 0 aliphatic carbocycles. The number of benzene rings is 1. The second-order valence-electron chi connectivity index (χ2n) is 4.32. The van der Waals surface area contributed by atoms with Gasteiger partial charge in [0.1, 0.15) is 5.56 Å². The minimum Gasteiger partial charge on any atom is -0.379 e. The van der Waals surface area contributed by atoms with Gasteiger partial charge in [-0.25, -0.2) is 5.01 Å². The number of hydrazine groups is 1. The maximum atomic E-state index is 12.1. The summed E-state index contributed by atoms with van der Waals surface area (Å²) in [5, 5.41) is 12.6. The van der Waals surface area contributed by atoms with Gasteiger partial charge in [0.25, 0.3) is 11.6 Å². The summed E-state index contributed by atoms with van der Waals surface area (Å²) in [6.45, 7) is 4.01. The molecular weight excluding hydrogens is 250 g/mol. The van der Waals surface area contributed by atoms with E-state index in [4.69, 9.17) is 4.74 Å². The number of nitro groups is 1. The van der Waals surface area contributed by atoms with E-state index in [1.54, 1.807) is 18.0 Å². The van der Waals surface area contributed by atoms with Gasteiger partial charge >= 0.3 is 0 Å². The molecule has 0 unspecified atom stereocenters. The van der Waals surface area contributed by atoms with E-state index in [1.165, 1.54) is 12.1 Å². The van der Waals surface area contributed by atoms with Crippen molar-refractivity contribution in [3.63, 3.8) is 0 Å². The molecule has 1 fully saturated rings. The molecule has 7 nitrogen and oxygen atoms in total. The van der Waals surface area contributed by atoms with Gasteiger partial charge in [-0.1, -0.05) is 6.07 Å². The monoisotopic (exact) mass is 265 g/mol. The molecule has 19 heavy (non-hydrogen) atoms. The van der Waals surface area contributed by atoms with Crippen LogP contribution in [-0.2, 0) is 4.74 Å². The molecule has 0 bridgehead atoms. The number of carbonyl (C=O) groups is 1. The number of hydrogen-bond donors (Lipinski definition) is 1. The van der Waals surface area contributed by atoms with Crippen molar-refractivity contribution in [2.45, 2.75) is 6.92 Å². The molecule has 1 aromatic rings. The van der Waals surface area contributed by atoms with Crippen molar-refractivity contribution in [1.82, 2.24) is 10.4 Å². The largest absolute Gasteiger partial charge is 0.379 e. The Bertz CT molecular complexity index is 498. The highest BCUT2D eigenvalue weighted by atomic mass is 16.6. The average Bonchev–Trinajstić information content (AvgIpc) is 2.39. The molecule has 0 aromatic heterocycles. The fourth-order valence-electron chi connectivity index (χ4n) is 1.87. The van der Waals surface area contributed by atoms with Gasteiger partial charge in [0.2, 0.25) is 0 Å². The maximum Gasteiger partial charge on any atom is 0.282 e. The van der Waals surface area contributed by atoms with E-state index in [-0.39, 0.29) is 11.3 Å². The molecule has 1 aromatic carbocycles. The maximum absolute atomic E-state index is 12.1. The van der Waals surface area contributed by atoms with E-state index in [9.17, 15) is 14.9 Å². The first-order valence-electron chi connectivity index (χ1n) is 5.96. The van der Waals surface area contributed by atoms with E-state index in [0.29, 0.717) is 26.3 Å². The summed E-state index contributed by atoms with van der Waals surface area (Å²) in [7, 11) is 0. The van der Waals surface area contributed by atoms with Crippen LogP contribution in [-0.4, -0.2) is 42.1 Å². The Hall–Kier alpha value is -1.99. The van der Waals surface area contributed by atoms with Crippen LogP contribution in [0.15, 0.2) is 18.2 Å². The minimum absolute atomic E-state index is 0.0801. The molecule has 1 heterocycles. The predicted molar refractivity (Wildman–Crippen MR) is 67.7 cm³/mol. The van der Waals surface area contributed by atoms with Gasteiger partial charge in [-0.3, -0.25) is 20.3 Å². The highest BCUT2D eigenvalue weighted by Crippen LogP contribution is 2.19. The van der Waals surface area contributed by atoms with Gasteiger partial charge in [0.05, 0.1) is 18.1 Å². The van der Waals surface area contributed by atoms with Crippen molar-refractivity contribution in [2.75, 3.05) is 26.3 Å².